The van der Waals surface area contributed by atoms with E-state index in [1.54, 1.807) is 40.9 Å². The molecule has 0 aliphatic carbocycles. The number of nitrogens with zero attached hydrogens (tertiary/aromatic N) is 5. The monoisotopic (exact) mass is 844 g/mol. The maximum Gasteiger partial charge on any atom is 0.409 e. The highest BCUT2D eigenvalue weighted by molar-refractivity contribution is 7.60. The van der Waals surface area contributed by atoms with Crippen LogP contribution in [0.25, 0.3) is 11.4 Å². The van der Waals surface area contributed by atoms with E-state index in [0.717, 1.165) is 19.3 Å². The minimum Gasteiger partial charge on any atom is -0.468 e. The van der Waals surface area contributed by atoms with Crippen molar-refractivity contribution in [3.8, 4) is 11.4 Å². The Morgan fingerprint density at radius 3 is 1.97 bits per heavy atom. The lowest BCUT2D eigenvalue weighted by Crippen LogP contribution is -2.58. The minimum atomic E-state index is -4.22. The number of ether oxygens (including phenoxy) is 4. The lowest BCUT2D eigenvalue weighted by atomic mass is 10.1. The largest absolute Gasteiger partial charge is 0.468 e. The Morgan fingerprint density at radius 1 is 0.847 bits per heavy atom. The van der Waals surface area contributed by atoms with E-state index in [1.165, 1.54) is 24.0 Å². The molecule has 326 valence electrons. The van der Waals surface area contributed by atoms with Gasteiger partial charge in [0.05, 0.1) is 33.1 Å². The van der Waals surface area contributed by atoms with Crippen LogP contribution in [-0.2, 0) is 37.9 Å². The Bertz CT molecular complexity index is 1760. The van der Waals surface area contributed by atoms with E-state index in [1.807, 2.05) is 42.2 Å². The number of benzene rings is 1. The summed E-state index contributed by atoms with van der Waals surface area (Å²) >= 11 is 0. The van der Waals surface area contributed by atoms with Crippen molar-refractivity contribution in [1.82, 2.24) is 35.3 Å². The Hall–Kier alpha value is -4.64. The summed E-state index contributed by atoms with van der Waals surface area (Å²) in [4.78, 5) is 82.3. The van der Waals surface area contributed by atoms with Gasteiger partial charge in [0, 0.05) is 58.0 Å². The van der Waals surface area contributed by atoms with Crippen molar-refractivity contribution in [2.75, 3.05) is 78.3 Å². The minimum absolute atomic E-state index is 0.0310. The molecule has 0 saturated carbocycles. The Labute approximate surface area is 346 Å². The smallest absolute Gasteiger partial charge is 0.409 e. The number of piperazine rings is 1. The third kappa shape index (κ3) is 12.9. The van der Waals surface area contributed by atoms with E-state index in [4.69, 9.17) is 23.9 Å². The van der Waals surface area contributed by atoms with E-state index in [2.05, 4.69) is 20.5 Å². The van der Waals surface area contributed by atoms with E-state index in [0.29, 0.717) is 24.5 Å². The van der Waals surface area contributed by atoms with Crippen LogP contribution in [-0.4, -0.2) is 147 Å². The summed E-state index contributed by atoms with van der Waals surface area (Å²) in [5.74, 6) is -2.90. The fourth-order valence-corrected chi connectivity index (χ4v) is 9.50. The number of esters is 2. The molecule has 0 bridgehead atoms. The molecule has 3 heterocycles. The Balaban J connectivity index is 1.76. The predicted octanol–water partition coefficient (Wildman–Crippen LogP) is 3.32. The highest BCUT2D eigenvalue weighted by Crippen LogP contribution is 2.41. The molecule has 3 N–H and O–H groups in total. The molecule has 5 atom stereocenters. The van der Waals surface area contributed by atoms with Crippen LogP contribution in [0.5, 0.6) is 0 Å². The summed E-state index contributed by atoms with van der Waals surface area (Å²) in [6.07, 6.45) is 1.24. The van der Waals surface area contributed by atoms with E-state index in [-0.39, 0.29) is 50.4 Å². The predicted molar refractivity (Wildman–Crippen MR) is 221 cm³/mol. The zero-order valence-corrected chi connectivity index (χ0v) is 36.4. The Morgan fingerprint density at radius 2 is 1.44 bits per heavy atom. The van der Waals surface area contributed by atoms with Gasteiger partial charge in [0.15, 0.2) is 5.82 Å². The van der Waals surface area contributed by atoms with Crippen LogP contribution in [0.4, 0.5) is 10.6 Å². The molecular weight excluding hydrogens is 783 g/mol. The first-order valence-corrected chi connectivity index (χ1v) is 22.1. The molecule has 59 heavy (non-hydrogen) atoms. The number of methoxy groups -OCH3 is 3. The molecule has 2 saturated heterocycles. The summed E-state index contributed by atoms with van der Waals surface area (Å²) in [6.45, 7) is 10.8. The molecule has 2 fully saturated rings. The quantitative estimate of drug-likeness (QED) is 0.0802. The zero-order chi connectivity index (χ0) is 43.3. The number of rotatable bonds is 19. The highest BCUT2D eigenvalue weighted by atomic mass is 31.2. The van der Waals surface area contributed by atoms with Crippen LogP contribution < -0.4 is 20.4 Å². The molecule has 4 rings (SSSR count). The average Bonchev–Trinajstić information content (AvgIpc) is 3.73. The van der Waals surface area contributed by atoms with Crippen molar-refractivity contribution in [3.63, 3.8) is 0 Å². The number of aromatic nitrogens is 2. The van der Waals surface area contributed by atoms with Gasteiger partial charge < -0.3 is 39.0 Å². The number of amides is 3. The first-order chi connectivity index (χ1) is 28.1. The van der Waals surface area contributed by atoms with Crippen LogP contribution in [0, 0.1) is 11.8 Å². The number of carbonyl (C=O) groups excluding carboxylic acids is 5. The first kappa shape index (κ1) is 47.0. The molecule has 2 aliphatic rings. The highest BCUT2D eigenvalue weighted by Gasteiger charge is 2.42. The molecule has 2 aromatic rings. The second-order valence-corrected chi connectivity index (χ2v) is 17.7. The van der Waals surface area contributed by atoms with E-state index < -0.39 is 73.4 Å². The summed E-state index contributed by atoms with van der Waals surface area (Å²) in [5, 5.41) is 8.62. The maximum absolute atomic E-state index is 15.3. The molecule has 19 heteroatoms. The number of unbranched alkanes of at least 4 members (excludes halogenated alkanes) is 1. The average molecular weight is 845 g/mol. The summed E-state index contributed by atoms with van der Waals surface area (Å²) in [6, 6.07) is 6.94. The number of hydrogen-bond donors (Lipinski definition) is 3. The van der Waals surface area contributed by atoms with E-state index in [9.17, 15) is 24.0 Å². The van der Waals surface area contributed by atoms with Crippen molar-refractivity contribution in [2.45, 2.75) is 78.1 Å². The lowest BCUT2D eigenvalue weighted by Gasteiger charge is -2.37. The molecule has 2 unspecified atom stereocenters. The van der Waals surface area contributed by atoms with Crippen LogP contribution >= 0.6 is 7.44 Å². The lowest BCUT2D eigenvalue weighted by molar-refractivity contribution is -0.144. The molecule has 3 amide bonds. The van der Waals surface area contributed by atoms with E-state index >= 15 is 4.57 Å². The Kier molecular flexibility index (Phi) is 17.6. The topological polar surface area (TPSA) is 211 Å². The van der Waals surface area contributed by atoms with Gasteiger partial charge in [0.25, 0.3) is 5.91 Å². The van der Waals surface area contributed by atoms with Gasteiger partial charge in [-0.3, -0.25) is 23.7 Å². The van der Waals surface area contributed by atoms with Gasteiger partial charge in [-0.05, 0) is 24.7 Å². The second-order valence-electron chi connectivity index (χ2n) is 15.4. The third-order valence-corrected chi connectivity index (χ3v) is 12.6. The molecule has 0 spiro atoms. The number of hydrogen-bond acceptors (Lipinski definition) is 13. The SMILES string of the molecule is CCCCOC(=O)N1CCN(C(=O)C(CP(=O)(N[C@H](C(=O)OC)C(C)C)N[C@@H](C(=O)OC)C(C)C)NC(=O)c2cc(N3CC[C@H](OC)C3)nc(-c3ccccc3)n2)CC1. The molecule has 18 nitrogen and oxygen atoms in total. The van der Waals surface area contributed by atoms with Crippen LogP contribution in [0.2, 0.25) is 0 Å². The van der Waals surface area contributed by atoms with Crippen LogP contribution in [0.1, 0.15) is 64.4 Å². The third-order valence-electron chi connectivity index (χ3n) is 10.3. The molecule has 1 aromatic heterocycles. The molecule has 2 aliphatic heterocycles. The number of nitrogens with one attached hydrogen (secondary N) is 3. The van der Waals surface area contributed by atoms with Gasteiger partial charge >= 0.3 is 18.0 Å². The summed E-state index contributed by atoms with van der Waals surface area (Å²) in [5.41, 5.74) is 0.611. The van der Waals surface area contributed by atoms with Crippen molar-refractivity contribution in [1.29, 1.82) is 0 Å². The second kappa shape index (κ2) is 22.1. The summed E-state index contributed by atoms with van der Waals surface area (Å²) in [7, 11) is -0.180. The van der Waals surface area contributed by atoms with Gasteiger partial charge in [-0.1, -0.05) is 71.4 Å². The van der Waals surface area contributed by atoms with Gasteiger partial charge in [-0.25, -0.2) is 24.9 Å². The van der Waals surface area contributed by atoms with Crippen molar-refractivity contribution in [3.05, 3.63) is 42.1 Å². The molecule has 1 aromatic carbocycles. The standard InChI is InChI=1S/C40H61N8O10P/c1-9-10-22-58-40(53)47-20-18-46(19-21-47)37(50)31(25-59(54,44-33(26(2)3)38(51)56-7)45-34(27(4)5)39(52)57-8)42-36(49)30-23-32(48-17-16-29(24-48)55-6)43-35(41-30)28-14-12-11-13-15-28/h11-15,23,26-27,29,31,33-34H,9-10,16-22,24-25H2,1-8H3,(H,42,49)(H2,44,45,54)/t29-,31?,33-,34+,59?/m0/s1. The van der Waals surface area contributed by atoms with Crippen molar-refractivity contribution < 1.29 is 47.5 Å². The van der Waals surface area contributed by atoms with Crippen molar-refractivity contribution in [2.24, 2.45) is 11.8 Å². The molecule has 0 radical (unpaired) electrons. The fraction of sp³-hybridized carbons (Fsp3) is 0.625. The van der Waals surface area contributed by atoms with Gasteiger partial charge in [-0.15, -0.1) is 0 Å². The summed E-state index contributed by atoms with van der Waals surface area (Å²) < 4.78 is 36.3. The number of anilines is 1. The van der Waals surface area contributed by atoms with Crippen molar-refractivity contribution >= 4 is 43.1 Å². The van der Waals surface area contributed by atoms with Gasteiger partial charge in [0.2, 0.25) is 13.4 Å². The van der Waals surface area contributed by atoms with Crippen LogP contribution in [0.15, 0.2) is 36.4 Å². The van der Waals surface area contributed by atoms with Gasteiger partial charge in [0.1, 0.15) is 29.6 Å². The van der Waals surface area contributed by atoms with Gasteiger partial charge in [-0.2, -0.15) is 0 Å². The number of carbonyl (C=O) groups is 5. The first-order valence-electron chi connectivity index (χ1n) is 20.2. The normalized spacial score (nSPS) is 18.2. The fourth-order valence-electron chi connectivity index (χ4n) is 6.75. The molecular formula is C40H61N8O10P. The van der Waals surface area contributed by atoms with Crippen LogP contribution in [0.3, 0.4) is 0 Å². The zero-order valence-electron chi connectivity index (χ0n) is 35.5. The maximum atomic E-state index is 15.3.